The van der Waals surface area contributed by atoms with Gasteiger partial charge in [0.05, 0.1) is 0 Å². The molecule has 0 heterocycles. The van der Waals surface area contributed by atoms with Crippen LogP contribution in [0.15, 0.2) is 30.3 Å². The topological polar surface area (TPSA) is 0 Å². The van der Waals surface area contributed by atoms with Gasteiger partial charge in [0.15, 0.2) is 0 Å². The van der Waals surface area contributed by atoms with E-state index < -0.39 is 13.6 Å². The minimum atomic E-state index is -1.45. The summed E-state index contributed by atoms with van der Waals surface area (Å²) in [4.78, 5) is 0. The van der Waals surface area contributed by atoms with Crippen molar-refractivity contribution >= 4 is 17.9 Å². The van der Waals surface area contributed by atoms with E-state index in [1.165, 1.54) is 15.6 Å². The number of halogens is 1. The molecule has 0 spiro atoms. The van der Waals surface area contributed by atoms with E-state index in [4.69, 9.17) is 0 Å². The Labute approximate surface area is 97.0 Å². The Bertz CT molecular complexity index is 233. The first-order chi connectivity index (χ1) is 6.29. The molecular weight excluding hydrogens is 255 g/mol. The zero-order valence-corrected chi connectivity index (χ0v) is 12.0. The maximum atomic E-state index is 2.37. The van der Waals surface area contributed by atoms with Gasteiger partial charge in [0.1, 0.15) is 0 Å². The second-order valence-corrected chi connectivity index (χ2v) is 13.3. The monoisotopic (exact) mass is 274 g/mol. The molecule has 0 aliphatic carbocycles. The van der Waals surface area contributed by atoms with Gasteiger partial charge in [-0.05, 0) is 0 Å². The van der Waals surface area contributed by atoms with Crippen molar-refractivity contribution in [3.63, 3.8) is 0 Å². The molecule has 0 radical (unpaired) electrons. The van der Waals surface area contributed by atoms with E-state index in [1.54, 1.807) is 4.35 Å². The largest absolute Gasteiger partial charge is 1.00 e. The van der Waals surface area contributed by atoms with Crippen LogP contribution in [0, 0.1) is 0 Å². The average molecular weight is 275 g/mol. The molecule has 80 valence electrons. The van der Waals surface area contributed by atoms with Crippen LogP contribution in [0.4, 0.5) is 0 Å². The van der Waals surface area contributed by atoms with Crippen LogP contribution in [-0.2, 0) is 0 Å². The summed E-state index contributed by atoms with van der Waals surface area (Å²) in [6.45, 7) is 7.10. The first-order valence-electron chi connectivity index (χ1n) is 5.20. The summed E-state index contributed by atoms with van der Waals surface area (Å²) < 4.78 is 1.67. The standard InChI is InChI=1S/C12H20As.ClH/c1-4-13(5-2,6-3)12-10-8-7-9-11-12;/h7-11H,4-6H2,1-3H3;1H/q+1;/p-1. The fourth-order valence-corrected chi connectivity index (χ4v) is 8.76. The normalized spacial score (nSPS) is 10.8. The molecule has 0 unspecified atom stereocenters. The Hall–Kier alpha value is 0.0684. The Morgan fingerprint density at radius 2 is 1.29 bits per heavy atom. The molecule has 0 amide bonds. The summed E-state index contributed by atoms with van der Waals surface area (Å²) in [6, 6.07) is 11.2. The van der Waals surface area contributed by atoms with E-state index in [1.807, 2.05) is 0 Å². The van der Waals surface area contributed by atoms with Crippen molar-refractivity contribution in [3.8, 4) is 0 Å². The van der Waals surface area contributed by atoms with Gasteiger partial charge in [0.25, 0.3) is 0 Å². The first-order valence-corrected chi connectivity index (χ1v) is 10.1. The van der Waals surface area contributed by atoms with Crippen molar-refractivity contribution in [1.82, 2.24) is 0 Å². The molecule has 0 saturated carbocycles. The first kappa shape index (κ1) is 14.1. The van der Waals surface area contributed by atoms with Gasteiger partial charge in [0, 0.05) is 0 Å². The molecule has 0 saturated heterocycles. The van der Waals surface area contributed by atoms with E-state index in [0.717, 1.165) is 0 Å². The maximum absolute atomic E-state index is 2.37. The van der Waals surface area contributed by atoms with Crippen LogP contribution in [0.25, 0.3) is 0 Å². The molecule has 0 fully saturated rings. The number of hydrogen-bond acceptors (Lipinski definition) is 0. The molecular formula is C12H20AsCl. The van der Waals surface area contributed by atoms with Gasteiger partial charge < -0.3 is 12.4 Å². The van der Waals surface area contributed by atoms with Crippen molar-refractivity contribution in [1.29, 1.82) is 0 Å². The molecule has 14 heavy (non-hydrogen) atoms. The summed E-state index contributed by atoms with van der Waals surface area (Å²) >= 11 is -1.45. The van der Waals surface area contributed by atoms with Crippen LogP contribution in [0.5, 0.6) is 0 Å². The third kappa shape index (κ3) is 2.78. The molecule has 0 bridgehead atoms. The number of rotatable bonds is 4. The van der Waals surface area contributed by atoms with E-state index >= 15 is 0 Å². The molecule has 0 N–H and O–H groups in total. The van der Waals surface area contributed by atoms with Crippen molar-refractivity contribution in [2.45, 2.75) is 36.4 Å². The summed E-state index contributed by atoms with van der Waals surface area (Å²) in [5, 5.41) is 4.24. The second-order valence-electron chi connectivity index (χ2n) is 3.43. The smallest absolute Gasteiger partial charge is 1.00 e. The summed E-state index contributed by atoms with van der Waals surface area (Å²) in [5.74, 6) is 0. The predicted molar refractivity (Wildman–Crippen MR) is 63.3 cm³/mol. The minimum Gasteiger partial charge on any atom is -1.00 e. The van der Waals surface area contributed by atoms with Crippen LogP contribution in [0.2, 0.25) is 15.6 Å². The van der Waals surface area contributed by atoms with Gasteiger partial charge in [-0.2, -0.15) is 0 Å². The van der Waals surface area contributed by atoms with Gasteiger partial charge >= 0.3 is 84.6 Å². The predicted octanol–water partition coefficient (Wildman–Crippen LogP) is 0.406. The van der Waals surface area contributed by atoms with Crippen molar-refractivity contribution < 1.29 is 12.4 Å². The molecule has 0 aliphatic heterocycles. The molecule has 1 rings (SSSR count). The van der Waals surface area contributed by atoms with E-state index in [9.17, 15) is 0 Å². The van der Waals surface area contributed by atoms with Crippen LogP contribution in [0.1, 0.15) is 20.8 Å². The van der Waals surface area contributed by atoms with Crippen molar-refractivity contribution in [2.24, 2.45) is 0 Å². The van der Waals surface area contributed by atoms with Gasteiger partial charge in [0.2, 0.25) is 0 Å². The zero-order chi connectivity index (χ0) is 9.73. The second kappa shape index (κ2) is 6.53. The summed E-state index contributed by atoms with van der Waals surface area (Å²) in [6.07, 6.45) is 0. The minimum absolute atomic E-state index is 0. The van der Waals surface area contributed by atoms with E-state index in [-0.39, 0.29) is 12.4 Å². The Morgan fingerprint density at radius 1 is 0.857 bits per heavy atom. The van der Waals surface area contributed by atoms with Gasteiger partial charge in [-0.25, -0.2) is 0 Å². The molecule has 2 heteroatoms. The fraction of sp³-hybridized carbons (Fsp3) is 0.500. The molecule has 0 nitrogen and oxygen atoms in total. The number of benzene rings is 1. The molecule has 0 aliphatic rings. The third-order valence-corrected chi connectivity index (χ3v) is 13.7. The van der Waals surface area contributed by atoms with E-state index in [0.29, 0.717) is 0 Å². The summed E-state index contributed by atoms with van der Waals surface area (Å²) in [5.41, 5.74) is 0. The molecule has 1 aromatic rings. The van der Waals surface area contributed by atoms with Crippen molar-refractivity contribution in [2.75, 3.05) is 0 Å². The number of hydrogen-bond donors (Lipinski definition) is 0. The third-order valence-electron chi connectivity index (χ3n) is 3.12. The van der Waals surface area contributed by atoms with Gasteiger partial charge in [-0.1, -0.05) is 0 Å². The maximum Gasteiger partial charge on any atom is -1.00 e. The Balaban J connectivity index is 0.00000169. The summed E-state index contributed by atoms with van der Waals surface area (Å²) in [7, 11) is 0. The fourth-order valence-electron chi connectivity index (χ4n) is 1.96. The van der Waals surface area contributed by atoms with Crippen LogP contribution in [-0.4, -0.2) is 13.6 Å². The molecule has 0 aromatic heterocycles. The quantitative estimate of drug-likeness (QED) is 0.698. The molecule has 1 aromatic carbocycles. The zero-order valence-electron chi connectivity index (χ0n) is 9.33. The van der Waals surface area contributed by atoms with Gasteiger partial charge in [-0.3, -0.25) is 0 Å². The molecule has 0 atom stereocenters. The Morgan fingerprint density at radius 3 is 1.64 bits per heavy atom. The van der Waals surface area contributed by atoms with Gasteiger partial charge in [-0.15, -0.1) is 0 Å². The Kier molecular flexibility index (Phi) is 6.57. The van der Waals surface area contributed by atoms with Crippen LogP contribution < -0.4 is 16.8 Å². The van der Waals surface area contributed by atoms with Crippen molar-refractivity contribution in [3.05, 3.63) is 30.3 Å². The SMILES string of the molecule is CC[As+](CC)(CC)c1ccccc1.[Cl-]. The van der Waals surface area contributed by atoms with Crippen LogP contribution >= 0.6 is 0 Å². The van der Waals surface area contributed by atoms with E-state index in [2.05, 4.69) is 51.1 Å². The van der Waals surface area contributed by atoms with Crippen LogP contribution in [0.3, 0.4) is 0 Å². The average Bonchev–Trinajstić information content (AvgIpc) is 2.23.